The van der Waals surface area contributed by atoms with E-state index in [-0.39, 0.29) is 6.10 Å². The van der Waals surface area contributed by atoms with Gasteiger partial charge in [-0.25, -0.2) is 0 Å². The molecule has 2 heterocycles. The zero-order chi connectivity index (χ0) is 11.8. The van der Waals surface area contributed by atoms with Gasteiger partial charge in [0.05, 0.1) is 6.10 Å². The monoisotopic (exact) mass is 264 g/mol. The van der Waals surface area contributed by atoms with Gasteiger partial charge in [-0.2, -0.15) is 0 Å². The van der Waals surface area contributed by atoms with Crippen LogP contribution in [0.1, 0.15) is 45.7 Å². The molecule has 0 radical (unpaired) electrons. The van der Waals surface area contributed by atoms with Gasteiger partial charge in [-0.15, -0.1) is 22.7 Å². The van der Waals surface area contributed by atoms with Gasteiger partial charge >= 0.3 is 0 Å². The van der Waals surface area contributed by atoms with Gasteiger partial charge in [0.1, 0.15) is 0 Å². The molecule has 90 valence electrons. The fourth-order valence-electron chi connectivity index (χ4n) is 2.77. The molecular weight excluding hydrogens is 248 g/mol. The molecule has 0 bridgehead atoms. The Hall–Kier alpha value is -0.640. The highest BCUT2D eigenvalue weighted by molar-refractivity contribution is 7.10. The second-order valence-electron chi connectivity index (χ2n) is 4.67. The van der Waals surface area contributed by atoms with Crippen molar-refractivity contribution in [3.8, 4) is 0 Å². The second-order valence-corrected chi connectivity index (χ2v) is 6.80. The molecule has 3 rings (SSSR count). The molecular formula is C14H16OS2. The standard InChI is InChI=1S/C14H16OS2/c1-9-10(5-7-16-9)14(15)12-3-2-4-13-11(12)6-8-17-13/h5-8,12,14-15H,2-4H2,1H3. The first-order valence-electron chi connectivity index (χ1n) is 6.05. The molecule has 2 aromatic rings. The third kappa shape index (κ3) is 1.96. The van der Waals surface area contributed by atoms with Crippen molar-refractivity contribution in [2.45, 2.75) is 38.2 Å². The van der Waals surface area contributed by atoms with Crippen LogP contribution in [0, 0.1) is 6.92 Å². The molecule has 2 atom stereocenters. The van der Waals surface area contributed by atoms with Crippen LogP contribution in [-0.2, 0) is 6.42 Å². The summed E-state index contributed by atoms with van der Waals surface area (Å²) >= 11 is 3.56. The van der Waals surface area contributed by atoms with Crippen LogP contribution in [0.25, 0.3) is 0 Å². The summed E-state index contributed by atoms with van der Waals surface area (Å²) in [7, 11) is 0. The highest BCUT2D eigenvalue weighted by Crippen LogP contribution is 2.43. The molecule has 1 aliphatic rings. The smallest absolute Gasteiger partial charge is 0.0869 e. The summed E-state index contributed by atoms with van der Waals surface area (Å²) in [5.41, 5.74) is 2.51. The largest absolute Gasteiger partial charge is 0.388 e. The van der Waals surface area contributed by atoms with E-state index in [1.807, 2.05) is 11.3 Å². The third-order valence-electron chi connectivity index (χ3n) is 3.70. The van der Waals surface area contributed by atoms with E-state index in [1.165, 1.54) is 28.2 Å². The van der Waals surface area contributed by atoms with E-state index in [0.29, 0.717) is 5.92 Å². The van der Waals surface area contributed by atoms with Crippen molar-refractivity contribution in [1.29, 1.82) is 0 Å². The molecule has 1 N–H and O–H groups in total. The average molecular weight is 264 g/mol. The predicted octanol–water partition coefficient (Wildman–Crippen LogP) is 4.27. The van der Waals surface area contributed by atoms with Crippen molar-refractivity contribution in [2.24, 2.45) is 0 Å². The van der Waals surface area contributed by atoms with Crippen molar-refractivity contribution in [2.75, 3.05) is 0 Å². The van der Waals surface area contributed by atoms with E-state index < -0.39 is 0 Å². The number of hydrogen-bond donors (Lipinski definition) is 1. The fraction of sp³-hybridized carbons (Fsp3) is 0.429. The van der Waals surface area contributed by atoms with Crippen molar-refractivity contribution in [3.05, 3.63) is 43.8 Å². The van der Waals surface area contributed by atoms with E-state index in [1.54, 1.807) is 11.3 Å². The molecule has 0 saturated heterocycles. The molecule has 0 spiro atoms. The van der Waals surface area contributed by atoms with Gasteiger partial charge in [0, 0.05) is 15.7 Å². The highest BCUT2D eigenvalue weighted by atomic mass is 32.1. The second kappa shape index (κ2) is 4.56. The normalized spacial score (nSPS) is 21.2. The number of hydrogen-bond acceptors (Lipinski definition) is 3. The first kappa shape index (κ1) is 11.5. The zero-order valence-corrected chi connectivity index (χ0v) is 11.5. The van der Waals surface area contributed by atoms with Gasteiger partial charge < -0.3 is 5.11 Å². The summed E-state index contributed by atoms with van der Waals surface area (Å²) in [5.74, 6) is 0.304. The number of aryl methyl sites for hydroxylation is 2. The lowest BCUT2D eigenvalue weighted by atomic mass is 9.81. The first-order valence-corrected chi connectivity index (χ1v) is 7.81. The Bertz CT molecular complexity index is 512. The topological polar surface area (TPSA) is 20.2 Å². The van der Waals surface area contributed by atoms with Crippen LogP contribution in [0.3, 0.4) is 0 Å². The Morgan fingerprint density at radius 2 is 2.12 bits per heavy atom. The molecule has 0 aromatic carbocycles. The van der Waals surface area contributed by atoms with Crippen molar-refractivity contribution >= 4 is 22.7 Å². The van der Waals surface area contributed by atoms with Gasteiger partial charge in [-0.05, 0) is 60.2 Å². The number of fused-ring (bicyclic) bond motifs is 1. The molecule has 1 nitrogen and oxygen atoms in total. The Kier molecular flexibility index (Phi) is 3.07. The summed E-state index contributed by atoms with van der Waals surface area (Å²) in [6.07, 6.45) is 3.19. The Morgan fingerprint density at radius 3 is 2.88 bits per heavy atom. The van der Waals surface area contributed by atoms with E-state index in [4.69, 9.17) is 0 Å². The lowest BCUT2D eigenvalue weighted by Gasteiger charge is -2.27. The van der Waals surface area contributed by atoms with Gasteiger partial charge in [-0.1, -0.05) is 0 Å². The molecule has 17 heavy (non-hydrogen) atoms. The molecule has 0 amide bonds. The highest BCUT2D eigenvalue weighted by Gasteiger charge is 2.29. The molecule has 2 aromatic heterocycles. The van der Waals surface area contributed by atoms with Crippen LogP contribution >= 0.6 is 22.7 Å². The van der Waals surface area contributed by atoms with Crippen LogP contribution in [0.5, 0.6) is 0 Å². The summed E-state index contributed by atoms with van der Waals surface area (Å²) in [6.45, 7) is 2.10. The number of rotatable bonds is 2. The van der Waals surface area contributed by atoms with E-state index in [2.05, 4.69) is 29.8 Å². The molecule has 0 aliphatic heterocycles. The van der Waals surface area contributed by atoms with Gasteiger partial charge in [0.25, 0.3) is 0 Å². The Labute approximate surface area is 110 Å². The lowest BCUT2D eigenvalue weighted by Crippen LogP contribution is -2.15. The summed E-state index contributed by atoms with van der Waals surface area (Å²) < 4.78 is 0. The van der Waals surface area contributed by atoms with Crippen molar-refractivity contribution in [1.82, 2.24) is 0 Å². The van der Waals surface area contributed by atoms with Gasteiger partial charge in [0.2, 0.25) is 0 Å². The number of aliphatic hydroxyl groups is 1. The summed E-state index contributed by atoms with van der Waals surface area (Å²) in [4.78, 5) is 2.73. The quantitative estimate of drug-likeness (QED) is 0.858. The van der Waals surface area contributed by atoms with Crippen molar-refractivity contribution < 1.29 is 5.11 Å². The third-order valence-corrected chi connectivity index (χ3v) is 5.55. The van der Waals surface area contributed by atoms with Crippen LogP contribution in [-0.4, -0.2) is 5.11 Å². The minimum atomic E-state index is -0.324. The minimum Gasteiger partial charge on any atom is -0.388 e. The molecule has 3 heteroatoms. The van der Waals surface area contributed by atoms with E-state index >= 15 is 0 Å². The Morgan fingerprint density at radius 1 is 1.29 bits per heavy atom. The molecule has 0 saturated carbocycles. The van der Waals surface area contributed by atoms with E-state index in [9.17, 15) is 5.11 Å². The van der Waals surface area contributed by atoms with Gasteiger partial charge in [0.15, 0.2) is 0 Å². The molecule has 1 aliphatic carbocycles. The van der Waals surface area contributed by atoms with E-state index in [0.717, 1.165) is 12.0 Å². The summed E-state index contributed by atoms with van der Waals surface area (Å²) in [5, 5.41) is 14.8. The fourth-order valence-corrected chi connectivity index (χ4v) is 4.51. The number of thiophene rings is 2. The average Bonchev–Trinajstić information content (AvgIpc) is 2.95. The molecule has 2 unspecified atom stereocenters. The molecule has 0 fully saturated rings. The first-order chi connectivity index (χ1) is 8.27. The SMILES string of the molecule is Cc1sccc1C(O)C1CCCc2sccc21. The maximum absolute atomic E-state index is 10.6. The van der Waals surface area contributed by atoms with Crippen LogP contribution in [0.4, 0.5) is 0 Å². The minimum absolute atomic E-state index is 0.304. The zero-order valence-electron chi connectivity index (χ0n) is 9.85. The maximum atomic E-state index is 10.6. The number of aliphatic hydroxyl groups excluding tert-OH is 1. The van der Waals surface area contributed by atoms with Crippen LogP contribution in [0.2, 0.25) is 0 Å². The van der Waals surface area contributed by atoms with Crippen LogP contribution in [0.15, 0.2) is 22.9 Å². The lowest BCUT2D eigenvalue weighted by molar-refractivity contribution is 0.136. The van der Waals surface area contributed by atoms with Crippen molar-refractivity contribution in [3.63, 3.8) is 0 Å². The Balaban J connectivity index is 1.94. The maximum Gasteiger partial charge on any atom is 0.0869 e. The van der Waals surface area contributed by atoms with Crippen LogP contribution < -0.4 is 0 Å². The summed E-state index contributed by atoms with van der Waals surface area (Å²) in [6, 6.07) is 4.28. The predicted molar refractivity (Wildman–Crippen MR) is 74.0 cm³/mol. The van der Waals surface area contributed by atoms with Gasteiger partial charge in [-0.3, -0.25) is 0 Å².